The molecule has 2 atom stereocenters. The molecule has 0 aromatic carbocycles. The first kappa shape index (κ1) is 9.01. The Hall–Kier alpha value is -0.0800. The van der Waals surface area contributed by atoms with Crippen LogP contribution < -0.4 is 11.1 Å². The normalized spacial score (nSPS) is 23.2. The molecule has 1 saturated carbocycles. The summed E-state index contributed by atoms with van der Waals surface area (Å²) in [6.45, 7) is 4.37. The zero-order valence-corrected chi connectivity index (χ0v) is 7.64. The van der Waals surface area contributed by atoms with Crippen LogP contribution in [0.2, 0.25) is 0 Å². The van der Waals surface area contributed by atoms with Crippen molar-refractivity contribution in [2.45, 2.75) is 51.7 Å². The fraction of sp³-hybridized carbons (Fsp3) is 1.00. The van der Waals surface area contributed by atoms with Crippen molar-refractivity contribution in [1.82, 2.24) is 5.32 Å². The van der Waals surface area contributed by atoms with E-state index in [4.69, 9.17) is 5.73 Å². The molecule has 0 aliphatic heterocycles. The molecule has 0 saturated heterocycles. The largest absolute Gasteiger partial charge is 0.316 e. The van der Waals surface area contributed by atoms with Gasteiger partial charge in [0.05, 0.1) is 6.17 Å². The summed E-state index contributed by atoms with van der Waals surface area (Å²) >= 11 is 0. The lowest BCUT2D eigenvalue weighted by Gasteiger charge is -2.18. The Morgan fingerprint density at radius 2 is 2.18 bits per heavy atom. The average Bonchev–Trinajstić information content (AvgIpc) is 2.71. The molecule has 2 nitrogen and oxygen atoms in total. The van der Waals surface area contributed by atoms with Crippen LogP contribution in [0.3, 0.4) is 0 Å². The number of hydrogen-bond donors (Lipinski definition) is 2. The predicted molar refractivity (Wildman–Crippen MR) is 48.2 cm³/mol. The van der Waals surface area contributed by atoms with Crippen LogP contribution in [0.1, 0.15) is 39.5 Å². The Kier molecular flexibility index (Phi) is 3.34. The van der Waals surface area contributed by atoms with E-state index in [1.165, 1.54) is 25.7 Å². The van der Waals surface area contributed by atoms with E-state index in [0.717, 1.165) is 5.92 Å². The standard InChI is InChI=1S/C9H20N2/c1-3-7(2)11-9(10)6-8-4-5-8/h7-9,11H,3-6,10H2,1-2H3/t7-,9+/m0/s1. The molecule has 0 amide bonds. The van der Waals surface area contributed by atoms with Gasteiger partial charge in [-0.2, -0.15) is 0 Å². The Morgan fingerprint density at radius 1 is 1.55 bits per heavy atom. The van der Waals surface area contributed by atoms with Crippen molar-refractivity contribution in [1.29, 1.82) is 0 Å². The van der Waals surface area contributed by atoms with Gasteiger partial charge >= 0.3 is 0 Å². The van der Waals surface area contributed by atoms with Crippen LogP contribution in [0.15, 0.2) is 0 Å². The molecule has 1 fully saturated rings. The van der Waals surface area contributed by atoms with E-state index in [0.29, 0.717) is 6.04 Å². The average molecular weight is 156 g/mol. The van der Waals surface area contributed by atoms with E-state index in [1.54, 1.807) is 0 Å². The predicted octanol–water partition coefficient (Wildman–Crippen LogP) is 1.46. The molecule has 0 radical (unpaired) electrons. The zero-order valence-electron chi connectivity index (χ0n) is 7.64. The molecule has 66 valence electrons. The summed E-state index contributed by atoms with van der Waals surface area (Å²) in [6.07, 6.45) is 5.37. The van der Waals surface area contributed by atoms with Crippen molar-refractivity contribution < 1.29 is 0 Å². The third-order valence-electron chi connectivity index (χ3n) is 2.40. The van der Waals surface area contributed by atoms with E-state index < -0.39 is 0 Å². The fourth-order valence-electron chi connectivity index (χ4n) is 1.26. The van der Waals surface area contributed by atoms with Gasteiger partial charge in [0.1, 0.15) is 0 Å². The maximum absolute atomic E-state index is 5.88. The molecule has 11 heavy (non-hydrogen) atoms. The Labute approximate surface area is 69.5 Å². The molecule has 0 spiro atoms. The van der Waals surface area contributed by atoms with Gasteiger partial charge in [-0.25, -0.2) is 0 Å². The number of hydrogen-bond acceptors (Lipinski definition) is 2. The van der Waals surface area contributed by atoms with Crippen LogP contribution in [-0.2, 0) is 0 Å². The van der Waals surface area contributed by atoms with Crippen molar-refractivity contribution in [3.05, 3.63) is 0 Å². The van der Waals surface area contributed by atoms with Gasteiger partial charge in [-0.15, -0.1) is 0 Å². The lowest BCUT2D eigenvalue weighted by Crippen LogP contribution is -2.42. The quantitative estimate of drug-likeness (QED) is 0.591. The van der Waals surface area contributed by atoms with Crippen LogP contribution in [-0.4, -0.2) is 12.2 Å². The van der Waals surface area contributed by atoms with E-state index in [1.807, 2.05) is 0 Å². The topological polar surface area (TPSA) is 38.0 Å². The van der Waals surface area contributed by atoms with Gasteiger partial charge in [0.15, 0.2) is 0 Å². The highest BCUT2D eigenvalue weighted by Gasteiger charge is 2.23. The summed E-state index contributed by atoms with van der Waals surface area (Å²) in [5, 5.41) is 3.38. The maximum atomic E-state index is 5.88. The summed E-state index contributed by atoms with van der Waals surface area (Å²) in [5.74, 6) is 0.932. The van der Waals surface area contributed by atoms with E-state index in [2.05, 4.69) is 19.2 Å². The first-order valence-corrected chi connectivity index (χ1v) is 4.74. The molecule has 1 rings (SSSR count). The van der Waals surface area contributed by atoms with Gasteiger partial charge in [-0.05, 0) is 25.7 Å². The number of nitrogens with one attached hydrogen (secondary N) is 1. The van der Waals surface area contributed by atoms with Crippen molar-refractivity contribution >= 4 is 0 Å². The minimum absolute atomic E-state index is 0.234. The van der Waals surface area contributed by atoms with Gasteiger partial charge < -0.3 is 5.73 Å². The van der Waals surface area contributed by atoms with Gasteiger partial charge in [0, 0.05) is 6.04 Å². The molecule has 1 aliphatic carbocycles. The van der Waals surface area contributed by atoms with Gasteiger partial charge in [-0.1, -0.05) is 19.8 Å². The molecular weight excluding hydrogens is 136 g/mol. The molecule has 0 unspecified atom stereocenters. The smallest absolute Gasteiger partial charge is 0.0550 e. The Balaban J connectivity index is 2.03. The first-order valence-electron chi connectivity index (χ1n) is 4.74. The Morgan fingerprint density at radius 3 is 2.64 bits per heavy atom. The molecule has 1 aliphatic rings. The molecular formula is C9H20N2. The van der Waals surface area contributed by atoms with E-state index in [9.17, 15) is 0 Å². The summed E-state index contributed by atoms with van der Waals surface area (Å²) in [4.78, 5) is 0. The molecule has 2 heteroatoms. The summed E-state index contributed by atoms with van der Waals surface area (Å²) in [7, 11) is 0. The second kappa shape index (κ2) is 4.07. The summed E-state index contributed by atoms with van der Waals surface area (Å²) < 4.78 is 0. The van der Waals surface area contributed by atoms with E-state index >= 15 is 0 Å². The number of nitrogens with two attached hydrogens (primary N) is 1. The second-order valence-corrected chi connectivity index (χ2v) is 3.76. The monoisotopic (exact) mass is 156 g/mol. The van der Waals surface area contributed by atoms with Crippen LogP contribution in [0, 0.1) is 5.92 Å². The third kappa shape index (κ3) is 3.73. The number of rotatable bonds is 5. The second-order valence-electron chi connectivity index (χ2n) is 3.76. The first-order chi connectivity index (χ1) is 5.22. The lowest BCUT2D eigenvalue weighted by molar-refractivity contribution is 0.410. The molecule has 0 bridgehead atoms. The highest BCUT2D eigenvalue weighted by molar-refractivity contribution is 4.78. The van der Waals surface area contributed by atoms with Crippen LogP contribution in [0.4, 0.5) is 0 Å². The highest BCUT2D eigenvalue weighted by Crippen LogP contribution is 2.32. The van der Waals surface area contributed by atoms with Crippen molar-refractivity contribution in [3.63, 3.8) is 0 Å². The fourth-order valence-corrected chi connectivity index (χ4v) is 1.26. The zero-order chi connectivity index (χ0) is 8.27. The van der Waals surface area contributed by atoms with Crippen molar-refractivity contribution in [2.24, 2.45) is 11.7 Å². The molecule has 0 aromatic heterocycles. The van der Waals surface area contributed by atoms with Crippen LogP contribution in [0.25, 0.3) is 0 Å². The van der Waals surface area contributed by atoms with E-state index in [-0.39, 0.29) is 6.17 Å². The molecule has 3 N–H and O–H groups in total. The lowest BCUT2D eigenvalue weighted by atomic mass is 10.2. The van der Waals surface area contributed by atoms with Gasteiger partial charge in [0.2, 0.25) is 0 Å². The summed E-state index contributed by atoms with van der Waals surface area (Å²) in [6, 6.07) is 0.573. The molecule has 0 heterocycles. The summed E-state index contributed by atoms with van der Waals surface area (Å²) in [5.41, 5.74) is 5.88. The van der Waals surface area contributed by atoms with Crippen LogP contribution in [0.5, 0.6) is 0 Å². The third-order valence-corrected chi connectivity index (χ3v) is 2.40. The van der Waals surface area contributed by atoms with Gasteiger partial charge in [-0.3, -0.25) is 5.32 Å². The van der Waals surface area contributed by atoms with Gasteiger partial charge in [0.25, 0.3) is 0 Å². The van der Waals surface area contributed by atoms with Crippen molar-refractivity contribution in [3.8, 4) is 0 Å². The Bertz CT molecular complexity index is 110. The minimum Gasteiger partial charge on any atom is -0.316 e. The minimum atomic E-state index is 0.234. The molecule has 0 aromatic rings. The maximum Gasteiger partial charge on any atom is 0.0550 e. The SMILES string of the molecule is CC[C@H](C)N[C@@H](N)CC1CC1. The van der Waals surface area contributed by atoms with Crippen LogP contribution >= 0.6 is 0 Å². The van der Waals surface area contributed by atoms with Crippen molar-refractivity contribution in [2.75, 3.05) is 0 Å². The highest BCUT2D eigenvalue weighted by atomic mass is 15.0.